The summed E-state index contributed by atoms with van der Waals surface area (Å²) in [4.78, 5) is 25.2. The van der Waals surface area contributed by atoms with Crippen molar-refractivity contribution in [3.63, 3.8) is 0 Å². The van der Waals surface area contributed by atoms with Gasteiger partial charge in [0.2, 0.25) is 0 Å². The molecule has 0 spiro atoms. The first-order valence-electron chi connectivity index (χ1n) is 7.44. The first-order chi connectivity index (χ1) is 10.8. The molecule has 23 heavy (non-hydrogen) atoms. The average molecular weight is 344 g/mol. The van der Waals surface area contributed by atoms with Crippen LogP contribution >= 0.6 is 11.6 Å². The maximum absolute atomic E-state index is 13.0. The number of carbonyl (C=O) groups is 2. The Morgan fingerprint density at radius 1 is 1.43 bits per heavy atom. The minimum atomic E-state index is -0.898. The van der Waals surface area contributed by atoms with Crippen molar-refractivity contribution in [2.45, 2.75) is 38.8 Å². The summed E-state index contributed by atoms with van der Waals surface area (Å²) in [6.07, 6.45) is 0.347. The van der Waals surface area contributed by atoms with E-state index in [1.165, 1.54) is 17.0 Å². The molecule has 7 heteroatoms. The van der Waals surface area contributed by atoms with Gasteiger partial charge in [-0.2, -0.15) is 0 Å². The number of carboxylic acids is 1. The van der Waals surface area contributed by atoms with Gasteiger partial charge in [-0.25, -0.2) is 4.39 Å². The Balaban J connectivity index is 2.07. The lowest BCUT2D eigenvalue weighted by Gasteiger charge is -2.37. The molecule has 1 saturated heterocycles. The number of benzene rings is 1. The fraction of sp³-hybridized carbons (Fsp3) is 0.500. The first-order valence-corrected chi connectivity index (χ1v) is 7.82. The van der Waals surface area contributed by atoms with E-state index in [2.05, 4.69) is 0 Å². The van der Waals surface area contributed by atoms with Crippen molar-refractivity contribution >= 4 is 23.5 Å². The molecule has 3 unspecified atom stereocenters. The molecule has 1 aliphatic heterocycles. The van der Waals surface area contributed by atoms with Crippen molar-refractivity contribution in [3.05, 3.63) is 29.0 Å². The van der Waals surface area contributed by atoms with Crippen molar-refractivity contribution in [3.8, 4) is 5.75 Å². The number of aliphatic carboxylic acids is 1. The number of amides is 1. The monoisotopic (exact) mass is 343 g/mol. The van der Waals surface area contributed by atoms with Crippen LogP contribution in [0.2, 0.25) is 5.02 Å². The van der Waals surface area contributed by atoms with Crippen LogP contribution in [0, 0.1) is 11.7 Å². The highest BCUT2D eigenvalue weighted by molar-refractivity contribution is 6.32. The maximum atomic E-state index is 13.0. The number of carboxylic acid groups (broad SMARTS) is 1. The van der Waals surface area contributed by atoms with Crippen molar-refractivity contribution in [2.75, 3.05) is 6.54 Å². The van der Waals surface area contributed by atoms with E-state index in [1.54, 1.807) is 6.92 Å². The number of nitrogens with zero attached hydrogens (tertiary/aromatic N) is 1. The third kappa shape index (κ3) is 4.13. The number of hydrogen-bond acceptors (Lipinski definition) is 3. The van der Waals surface area contributed by atoms with Gasteiger partial charge in [-0.3, -0.25) is 9.59 Å². The Hall–Kier alpha value is -1.82. The van der Waals surface area contributed by atoms with Crippen LogP contribution in [0.15, 0.2) is 18.2 Å². The van der Waals surface area contributed by atoms with Crippen LogP contribution in [0.25, 0.3) is 0 Å². The molecule has 0 bridgehead atoms. The lowest BCUT2D eigenvalue weighted by Crippen LogP contribution is -2.51. The number of ether oxygens (including phenoxy) is 1. The molecule has 1 amide bonds. The molecule has 126 valence electrons. The predicted molar refractivity (Wildman–Crippen MR) is 83.0 cm³/mol. The van der Waals surface area contributed by atoms with Gasteiger partial charge >= 0.3 is 5.97 Å². The average Bonchev–Trinajstić information content (AvgIpc) is 2.49. The van der Waals surface area contributed by atoms with Crippen LogP contribution in [-0.4, -0.2) is 40.6 Å². The lowest BCUT2D eigenvalue weighted by molar-refractivity contribution is -0.149. The van der Waals surface area contributed by atoms with E-state index in [-0.39, 0.29) is 29.3 Å². The largest absolute Gasteiger partial charge is 0.481 e. The molecule has 5 nitrogen and oxygen atoms in total. The molecule has 0 saturated carbocycles. The topological polar surface area (TPSA) is 66.8 Å². The van der Waals surface area contributed by atoms with E-state index in [9.17, 15) is 14.0 Å². The molecule has 1 aromatic carbocycles. The van der Waals surface area contributed by atoms with Crippen molar-refractivity contribution in [1.29, 1.82) is 0 Å². The second-order valence-corrected chi connectivity index (χ2v) is 6.19. The van der Waals surface area contributed by atoms with Crippen molar-refractivity contribution in [1.82, 2.24) is 4.90 Å². The zero-order valence-corrected chi connectivity index (χ0v) is 13.7. The van der Waals surface area contributed by atoms with Gasteiger partial charge in [-0.05, 0) is 44.9 Å². The summed E-state index contributed by atoms with van der Waals surface area (Å²) in [5.41, 5.74) is 0. The van der Waals surface area contributed by atoms with Gasteiger partial charge in [0.05, 0.1) is 10.9 Å². The summed E-state index contributed by atoms with van der Waals surface area (Å²) in [5.74, 6) is -2.03. The molecule has 1 N–H and O–H groups in total. The van der Waals surface area contributed by atoms with Crippen LogP contribution in [0.4, 0.5) is 4.39 Å². The SMILES string of the molecule is CC(Oc1ccc(F)cc1Cl)C(=O)N1CC(C(=O)O)CCC1C. The molecule has 1 aromatic rings. The van der Waals surface area contributed by atoms with Crippen molar-refractivity contribution in [2.24, 2.45) is 5.92 Å². The Labute approximate surface area is 139 Å². The third-order valence-electron chi connectivity index (χ3n) is 4.06. The number of halogens is 2. The number of rotatable bonds is 4. The Kier molecular flexibility index (Phi) is 5.46. The zero-order chi connectivity index (χ0) is 17.1. The van der Waals surface area contributed by atoms with Gasteiger partial charge in [0, 0.05) is 12.6 Å². The molecule has 1 fully saturated rings. The molecule has 0 radical (unpaired) electrons. The number of carbonyl (C=O) groups excluding carboxylic acids is 1. The fourth-order valence-electron chi connectivity index (χ4n) is 2.66. The highest BCUT2D eigenvalue weighted by Crippen LogP contribution is 2.27. The fourth-order valence-corrected chi connectivity index (χ4v) is 2.87. The second kappa shape index (κ2) is 7.17. The van der Waals surface area contributed by atoms with Crippen LogP contribution in [0.5, 0.6) is 5.75 Å². The molecule has 0 aromatic heterocycles. The maximum Gasteiger partial charge on any atom is 0.308 e. The zero-order valence-electron chi connectivity index (χ0n) is 13.0. The minimum Gasteiger partial charge on any atom is -0.481 e. The standard InChI is InChI=1S/C16H19ClFNO4/c1-9-3-4-11(16(21)22)8-19(9)15(20)10(2)23-14-6-5-12(18)7-13(14)17/h5-7,9-11H,3-4,8H2,1-2H3,(H,21,22). The van der Waals surface area contributed by atoms with E-state index in [0.29, 0.717) is 12.8 Å². The van der Waals surface area contributed by atoms with Crippen LogP contribution in [0.1, 0.15) is 26.7 Å². The van der Waals surface area contributed by atoms with E-state index in [1.807, 2.05) is 6.92 Å². The summed E-state index contributed by atoms with van der Waals surface area (Å²) < 4.78 is 18.6. The molecular formula is C16H19ClFNO4. The first kappa shape index (κ1) is 17.5. The van der Waals surface area contributed by atoms with E-state index < -0.39 is 23.8 Å². The quantitative estimate of drug-likeness (QED) is 0.912. The molecular weight excluding hydrogens is 325 g/mol. The molecule has 2 rings (SSSR count). The summed E-state index contributed by atoms with van der Waals surface area (Å²) in [6, 6.07) is 3.62. The summed E-state index contributed by atoms with van der Waals surface area (Å²) in [5, 5.41) is 9.22. The summed E-state index contributed by atoms with van der Waals surface area (Å²) in [7, 11) is 0. The molecule has 1 heterocycles. The predicted octanol–water partition coefficient (Wildman–Crippen LogP) is 2.96. The summed E-state index contributed by atoms with van der Waals surface area (Å²) in [6.45, 7) is 3.62. The molecule has 1 aliphatic rings. The third-order valence-corrected chi connectivity index (χ3v) is 4.36. The van der Waals surface area contributed by atoms with Crippen molar-refractivity contribution < 1.29 is 23.8 Å². The van der Waals surface area contributed by atoms with Crippen LogP contribution in [0.3, 0.4) is 0 Å². The smallest absolute Gasteiger partial charge is 0.308 e. The van der Waals surface area contributed by atoms with E-state index >= 15 is 0 Å². The molecule has 3 atom stereocenters. The normalized spacial score (nSPS) is 22.5. The Bertz CT molecular complexity index is 610. The Morgan fingerprint density at radius 3 is 2.74 bits per heavy atom. The van der Waals surface area contributed by atoms with Gasteiger partial charge < -0.3 is 14.7 Å². The van der Waals surface area contributed by atoms with Crippen LogP contribution < -0.4 is 4.74 Å². The number of piperidine rings is 1. The van der Waals surface area contributed by atoms with E-state index in [0.717, 1.165) is 6.07 Å². The minimum absolute atomic E-state index is 0.0483. The van der Waals surface area contributed by atoms with Crippen LogP contribution in [-0.2, 0) is 9.59 Å². The van der Waals surface area contributed by atoms with Gasteiger partial charge in [0.1, 0.15) is 11.6 Å². The highest BCUT2D eigenvalue weighted by Gasteiger charge is 2.35. The van der Waals surface area contributed by atoms with E-state index in [4.69, 9.17) is 21.4 Å². The van der Waals surface area contributed by atoms with Gasteiger partial charge in [0.25, 0.3) is 5.91 Å². The second-order valence-electron chi connectivity index (χ2n) is 5.79. The lowest BCUT2D eigenvalue weighted by atomic mass is 9.93. The van der Waals surface area contributed by atoms with Gasteiger partial charge in [-0.15, -0.1) is 0 Å². The summed E-state index contributed by atoms with van der Waals surface area (Å²) >= 11 is 5.89. The molecule has 0 aliphatic carbocycles. The number of likely N-dealkylation sites (tertiary alicyclic amines) is 1. The highest BCUT2D eigenvalue weighted by atomic mass is 35.5. The van der Waals surface area contributed by atoms with Gasteiger partial charge in [-0.1, -0.05) is 11.6 Å². The van der Waals surface area contributed by atoms with Gasteiger partial charge in [0.15, 0.2) is 6.10 Å². The number of hydrogen-bond donors (Lipinski definition) is 1. The Morgan fingerprint density at radius 2 is 2.13 bits per heavy atom.